The molecule has 6 nitrogen and oxygen atoms in total. The van der Waals surface area contributed by atoms with Crippen molar-refractivity contribution in [3.63, 3.8) is 0 Å². The molecular formula is C22H25NO5. The monoisotopic (exact) mass is 383 g/mol. The van der Waals surface area contributed by atoms with Gasteiger partial charge < -0.3 is 19.9 Å². The van der Waals surface area contributed by atoms with Crippen LogP contribution in [0, 0.1) is 0 Å². The Kier molecular flexibility index (Phi) is 6.19. The summed E-state index contributed by atoms with van der Waals surface area (Å²) in [5.41, 5.74) is 3.20. The van der Waals surface area contributed by atoms with Gasteiger partial charge in [-0.1, -0.05) is 12.1 Å². The summed E-state index contributed by atoms with van der Waals surface area (Å²) in [6, 6.07) is 10.5. The molecule has 0 saturated carbocycles. The van der Waals surface area contributed by atoms with Crippen molar-refractivity contribution < 1.29 is 24.2 Å². The third-order valence-corrected chi connectivity index (χ3v) is 4.70. The Labute approximate surface area is 164 Å². The molecule has 1 amide bonds. The number of aryl methyl sites for hydroxylation is 1. The summed E-state index contributed by atoms with van der Waals surface area (Å²) in [6.45, 7) is 4.90. The molecule has 148 valence electrons. The number of hydrogen-bond acceptors (Lipinski definition) is 4. The zero-order chi connectivity index (χ0) is 20.1. The van der Waals surface area contributed by atoms with Crippen LogP contribution in [-0.4, -0.2) is 29.7 Å². The fraction of sp³-hybridized carbons (Fsp3) is 0.364. The van der Waals surface area contributed by atoms with Crippen LogP contribution in [0.15, 0.2) is 36.4 Å². The van der Waals surface area contributed by atoms with E-state index < -0.39 is 5.97 Å². The highest BCUT2D eigenvalue weighted by molar-refractivity contribution is 5.87. The molecule has 0 bridgehead atoms. The second kappa shape index (κ2) is 8.78. The van der Waals surface area contributed by atoms with Crippen LogP contribution in [0.3, 0.4) is 0 Å². The first kappa shape index (κ1) is 19.7. The molecule has 0 aromatic heterocycles. The average molecular weight is 383 g/mol. The summed E-state index contributed by atoms with van der Waals surface area (Å²) in [5.74, 6) is 0.615. The highest BCUT2D eigenvalue weighted by Gasteiger charge is 2.22. The average Bonchev–Trinajstić information content (AvgIpc) is 3.03. The molecule has 1 aliphatic rings. The van der Waals surface area contributed by atoms with Gasteiger partial charge in [-0.15, -0.1) is 0 Å². The van der Waals surface area contributed by atoms with Crippen LogP contribution in [0.4, 0.5) is 0 Å². The van der Waals surface area contributed by atoms with Crippen LogP contribution in [0.25, 0.3) is 0 Å². The lowest BCUT2D eigenvalue weighted by atomic mass is 10.1. The van der Waals surface area contributed by atoms with E-state index in [0.29, 0.717) is 26.0 Å². The van der Waals surface area contributed by atoms with Gasteiger partial charge in [-0.3, -0.25) is 4.79 Å². The minimum absolute atomic E-state index is 0.0699. The van der Waals surface area contributed by atoms with E-state index in [9.17, 15) is 9.59 Å². The molecule has 0 saturated heterocycles. The summed E-state index contributed by atoms with van der Waals surface area (Å²) >= 11 is 0. The van der Waals surface area contributed by atoms with Gasteiger partial charge in [-0.05, 0) is 50.1 Å². The number of nitrogens with one attached hydrogen (secondary N) is 1. The molecular weight excluding hydrogens is 358 g/mol. The zero-order valence-electron chi connectivity index (χ0n) is 16.2. The van der Waals surface area contributed by atoms with E-state index in [4.69, 9.17) is 14.6 Å². The fourth-order valence-electron chi connectivity index (χ4n) is 3.26. The number of ether oxygens (including phenoxy) is 2. The van der Waals surface area contributed by atoms with Gasteiger partial charge in [0.05, 0.1) is 12.2 Å². The van der Waals surface area contributed by atoms with Gasteiger partial charge in [0.1, 0.15) is 17.6 Å². The highest BCUT2D eigenvalue weighted by atomic mass is 16.5. The first-order valence-electron chi connectivity index (χ1n) is 9.50. The van der Waals surface area contributed by atoms with Crippen molar-refractivity contribution in [1.82, 2.24) is 5.32 Å². The molecule has 0 fully saturated rings. The topological polar surface area (TPSA) is 84.9 Å². The number of benzene rings is 2. The SMILES string of the molecule is CCOc1cc2c(cc1CNC(=O)CCc1ccc(C(=O)O)cc1)OC(C)C2. The van der Waals surface area contributed by atoms with Crippen LogP contribution in [0.1, 0.15) is 47.3 Å². The van der Waals surface area contributed by atoms with Crippen LogP contribution in [0.5, 0.6) is 11.5 Å². The Morgan fingerprint density at radius 3 is 2.68 bits per heavy atom. The maximum atomic E-state index is 12.2. The Bertz CT molecular complexity index is 860. The number of carboxylic acids is 1. The van der Waals surface area contributed by atoms with Gasteiger partial charge in [0, 0.05) is 30.5 Å². The van der Waals surface area contributed by atoms with E-state index in [1.54, 1.807) is 24.3 Å². The zero-order valence-corrected chi connectivity index (χ0v) is 16.2. The fourth-order valence-corrected chi connectivity index (χ4v) is 3.26. The lowest BCUT2D eigenvalue weighted by Gasteiger charge is -2.13. The predicted molar refractivity (Wildman–Crippen MR) is 105 cm³/mol. The molecule has 1 heterocycles. The molecule has 0 spiro atoms. The number of fused-ring (bicyclic) bond motifs is 1. The summed E-state index contributed by atoms with van der Waals surface area (Å²) in [7, 11) is 0. The Hall–Kier alpha value is -3.02. The van der Waals surface area contributed by atoms with Gasteiger partial charge in [0.2, 0.25) is 5.91 Å². The quantitative estimate of drug-likeness (QED) is 0.730. The lowest BCUT2D eigenvalue weighted by molar-refractivity contribution is -0.121. The maximum Gasteiger partial charge on any atom is 0.335 e. The van der Waals surface area contributed by atoms with E-state index in [2.05, 4.69) is 5.32 Å². The molecule has 0 aliphatic carbocycles. The molecule has 0 radical (unpaired) electrons. The van der Waals surface area contributed by atoms with Crippen molar-refractivity contribution in [3.05, 3.63) is 58.7 Å². The lowest BCUT2D eigenvalue weighted by Crippen LogP contribution is -2.23. The number of carboxylic acid groups (broad SMARTS) is 1. The summed E-state index contributed by atoms with van der Waals surface area (Å²) < 4.78 is 11.5. The van der Waals surface area contributed by atoms with E-state index in [-0.39, 0.29) is 17.6 Å². The molecule has 1 atom stereocenters. The van der Waals surface area contributed by atoms with Crippen LogP contribution < -0.4 is 14.8 Å². The van der Waals surface area contributed by atoms with Crippen LogP contribution in [-0.2, 0) is 24.2 Å². The number of hydrogen-bond donors (Lipinski definition) is 2. The minimum atomic E-state index is -0.956. The highest BCUT2D eigenvalue weighted by Crippen LogP contribution is 2.35. The Morgan fingerprint density at radius 1 is 1.25 bits per heavy atom. The van der Waals surface area contributed by atoms with Gasteiger partial charge in [-0.25, -0.2) is 4.79 Å². The summed E-state index contributed by atoms with van der Waals surface area (Å²) in [4.78, 5) is 23.1. The van der Waals surface area contributed by atoms with Crippen molar-refractivity contribution in [2.45, 2.75) is 45.8 Å². The summed E-state index contributed by atoms with van der Waals surface area (Å²) in [6.07, 6.45) is 1.90. The molecule has 6 heteroatoms. The normalized spacial score (nSPS) is 14.9. The van der Waals surface area contributed by atoms with E-state index in [0.717, 1.165) is 34.6 Å². The molecule has 3 rings (SSSR count). The van der Waals surface area contributed by atoms with Crippen LogP contribution in [0.2, 0.25) is 0 Å². The standard InChI is InChI=1S/C22H25NO5/c1-3-27-19-11-17-10-14(2)28-20(17)12-18(19)13-23-21(24)9-6-15-4-7-16(8-5-15)22(25)26/h4-5,7-8,11-12,14H,3,6,9-10,13H2,1-2H3,(H,23,24)(H,25,26). The molecule has 1 unspecified atom stereocenters. The van der Waals surface area contributed by atoms with Gasteiger partial charge >= 0.3 is 5.97 Å². The third-order valence-electron chi connectivity index (χ3n) is 4.70. The maximum absolute atomic E-state index is 12.2. The predicted octanol–water partition coefficient (Wildman–Crippen LogP) is 3.36. The van der Waals surface area contributed by atoms with Crippen molar-refractivity contribution >= 4 is 11.9 Å². The third kappa shape index (κ3) is 4.82. The van der Waals surface area contributed by atoms with E-state index >= 15 is 0 Å². The molecule has 2 N–H and O–H groups in total. The second-order valence-electron chi connectivity index (χ2n) is 6.91. The van der Waals surface area contributed by atoms with E-state index in [1.165, 1.54) is 0 Å². The summed E-state index contributed by atoms with van der Waals surface area (Å²) in [5, 5.41) is 11.9. The molecule has 2 aromatic rings. The molecule has 1 aliphatic heterocycles. The number of amides is 1. The number of carbonyl (C=O) groups is 2. The van der Waals surface area contributed by atoms with Crippen LogP contribution >= 0.6 is 0 Å². The number of aromatic carboxylic acids is 1. The second-order valence-corrected chi connectivity index (χ2v) is 6.91. The molecule has 28 heavy (non-hydrogen) atoms. The van der Waals surface area contributed by atoms with Crippen molar-refractivity contribution in [3.8, 4) is 11.5 Å². The Balaban J connectivity index is 1.56. The smallest absolute Gasteiger partial charge is 0.335 e. The van der Waals surface area contributed by atoms with Crippen molar-refractivity contribution in [1.29, 1.82) is 0 Å². The number of rotatable bonds is 8. The first-order chi connectivity index (χ1) is 13.5. The number of carbonyl (C=O) groups excluding carboxylic acids is 1. The van der Waals surface area contributed by atoms with Gasteiger partial charge in [-0.2, -0.15) is 0 Å². The van der Waals surface area contributed by atoms with Gasteiger partial charge in [0.25, 0.3) is 0 Å². The largest absolute Gasteiger partial charge is 0.494 e. The van der Waals surface area contributed by atoms with Crippen molar-refractivity contribution in [2.24, 2.45) is 0 Å². The molecule has 2 aromatic carbocycles. The van der Waals surface area contributed by atoms with E-state index in [1.807, 2.05) is 26.0 Å². The Morgan fingerprint density at radius 2 is 2.00 bits per heavy atom. The first-order valence-corrected chi connectivity index (χ1v) is 9.50. The van der Waals surface area contributed by atoms with Gasteiger partial charge in [0.15, 0.2) is 0 Å². The van der Waals surface area contributed by atoms with Crippen molar-refractivity contribution in [2.75, 3.05) is 6.61 Å². The minimum Gasteiger partial charge on any atom is -0.494 e.